The van der Waals surface area contributed by atoms with E-state index in [-0.39, 0.29) is 28.8 Å². The molecule has 0 bridgehead atoms. The Hall–Kier alpha value is -3.60. The number of hydrogen-bond donors (Lipinski definition) is 2. The molecule has 0 saturated carbocycles. The molecule has 38 heavy (non-hydrogen) atoms. The summed E-state index contributed by atoms with van der Waals surface area (Å²) in [6.07, 6.45) is 3.13. The van der Waals surface area contributed by atoms with Gasteiger partial charge in [-0.05, 0) is 58.6 Å². The molecule has 3 N–H and O–H groups in total. The van der Waals surface area contributed by atoms with Crippen LogP contribution in [-0.4, -0.2) is 32.6 Å². The topological polar surface area (TPSA) is 138 Å². The van der Waals surface area contributed by atoms with Crippen molar-refractivity contribution in [2.24, 2.45) is 5.73 Å². The van der Waals surface area contributed by atoms with Gasteiger partial charge in [-0.1, -0.05) is 35.2 Å². The maximum atomic E-state index is 13.6. The Bertz CT molecular complexity index is 1510. The quantitative estimate of drug-likeness (QED) is 0.374. The first-order valence-electron chi connectivity index (χ1n) is 11.4. The Morgan fingerprint density at radius 1 is 1.26 bits per heavy atom. The van der Waals surface area contributed by atoms with Crippen molar-refractivity contribution in [2.75, 3.05) is 16.0 Å². The second-order valence-electron chi connectivity index (χ2n) is 8.42. The molecule has 5 rings (SSSR count). The van der Waals surface area contributed by atoms with Gasteiger partial charge in [0.2, 0.25) is 11.0 Å². The van der Waals surface area contributed by atoms with Gasteiger partial charge in [0, 0.05) is 28.4 Å². The summed E-state index contributed by atoms with van der Waals surface area (Å²) >= 11 is 5.71. The van der Waals surface area contributed by atoms with Crippen molar-refractivity contribution in [2.45, 2.75) is 29.5 Å². The number of halogens is 2. The zero-order valence-corrected chi connectivity index (χ0v) is 22.9. The Labute approximate surface area is 233 Å². The number of ketones is 1. The van der Waals surface area contributed by atoms with Gasteiger partial charge >= 0.3 is 0 Å². The van der Waals surface area contributed by atoms with Crippen molar-refractivity contribution in [3.63, 3.8) is 0 Å². The number of carbonyl (C=O) groups excluding carboxylic acids is 2. The molecule has 13 heteroatoms. The monoisotopic (exact) mass is 611 g/mol. The molecule has 0 saturated heterocycles. The predicted molar refractivity (Wildman–Crippen MR) is 146 cm³/mol. The van der Waals surface area contributed by atoms with Gasteiger partial charge in [0.05, 0.1) is 23.3 Å². The summed E-state index contributed by atoms with van der Waals surface area (Å²) in [6.45, 7) is 0. The molecule has 9 nitrogen and oxygen atoms in total. The van der Waals surface area contributed by atoms with E-state index in [0.29, 0.717) is 51.4 Å². The van der Waals surface area contributed by atoms with Crippen LogP contribution in [0.3, 0.4) is 0 Å². The van der Waals surface area contributed by atoms with E-state index >= 15 is 0 Å². The van der Waals surface area contributed by atoms with Crippen LogP contribution in [0.25, 0.3) is 0 Å². The van der Waals surface area contributed by atoms with Gasteiger partial charge in [-0.15, -0.1) is 10.2 Å². The van der Waals surface area contributed by atoms with Crippen LogP contribution in [0.5, 0.6) is 0 Å². The Morgan fingerprint density at radius 2 is 2.05 bits per heavy atom. The average molecular weight is 613 g/mol. The number of rotatable bonds is 6. The number of nitriles is 1. The zero-order chi connectivity index (χ0) is 26.8. The number of nitrogens with two attached hydrogens (primary N) is 1. The first kappa shape index (κ1) is 26.0. The summed E-state index contributed by atoms with van der Waals surface area (Å²) < 4.78 is 14.9. The third kappa shape index (κ3) is 5.20. The molecule has 0 fully saturated rings. The summed E-state index contributed by atoms with van der Waals surface area (Å²) in [5.41, 5.74) is 8.47. The molecule has 1 amide bonds. The lowest BCUT2D eigenvalue weighted by Gasteiger charge is -2.38. The number of pyridine rings is 1. The molecule has 1 unspecified atom stereocenters. The lowest BCUT2D eigenvalue weighted by molar-refractivity contribution is -0.116. The molecular weight excluding hydrogens is 593 g/mol. The number of allylic oxidation sites excluding steroid dienone is 3. The molecule has 1 aromatic carbocycles. The van der Waals surface area contributed by atoms with E-state index in [1.165, 1.54) is 35.2 Å². The van der Waals surface area contributed by atoms with Gasteiger partial charge in [0.15, 0.2) is 10.1 Å². The van der Waals surface area contributed by atoms with Crippen LogP contribution in [0.15, 0.2) is 74.1 Å². The predicted octanol–water partition coefficient (Wildman–Crippen LogP) is 4.87. The summed E-state index contributed by atoms with van der Waals surface area (Å²) in [5.74, 6) is -0.755. The van der Waals surface area contributed by atoms with Crippen LogP contribution in [-0.2, 0) is 9.59 Å². The Kier molecular flexibility index (Phi) is 7.55. The maximum absolute atomic E-state index is 13.6. The van der Waals surface area contributed by atoms with E-state index in [2.05, 4.69) is 42.5 Å². The molecule has 0 radical (unpaired) electrons. The Morgan fingerprint density at radius 3 is 2.76 bits per heavy atom. The van der Waals surface area contributed by atoms with E-state index < -0.39 is 11.7 Å². The minimum Gasteiger partial charge on any atom is -0.384 e. The van der Waals surface area contributed by atoms with E-state index in [4.69, 9.17) is 5.73 Å². The van der Waals surface area contributed by atoms with Crippen molar-refractivity contribution in [3.8, 4) is 6.07 Å². The first-order valence-corrected chi connectivity index (χ1v) is 14.0. The fraction of sp³-hybridized carbons (Fsp3) is 0.200. The van der Waals surface area contributed by atoms with Gasteiger partial charge in [-0.25, -0.2) is 9.37 Å². The summed E-state index contributed by atoms with van der Waals surface area (Å²) in [6, 6.07) is 11.4. The summed E-state index contributed by atoms with van der Waals surface area (Å²) in [4.78, 5) is 31.3. The molecule has 3 aromatic rings. The number of thioether (sulfide) groups is 1. The molecule has 192 valence electrons. The number of nitrogens with zero attached hydrogens (tertiary/aromatic N) is 5. The first-order chi connectivity index (χ1) is 18.4. The van der Waals surface area contributed by atoms with Gasteiger partial charge in [0.1, 0.15) is 17.5 Å². The number of anilines is 2. The minimum atomic E-state index is -0.683. The minimum absolute atomic E-state index is 0.0804. The number of benzene rings is 1. The fourth-order valence-electron chi connectivity index (χ4n) is 4.40. The SMILES string of the molecule is N#CC1=C(N)N(c2nnc(SCC(=O)Nc3ccc(Br)cn3)s2)C2=C(C(=O)CCC2)C1c1ccc(F)cc1. The lowest BCUT2D eigenvalue weighted by atomic mass is 9.76. The number of hydrogen-bond acceptors (Lipinski definition) is 10. The molecule has 1 aliphatic heterocycles. The van der Waals surface area contributed by atoms with Crippen molar-refractivity contribution in [1.82, 2.24) is 15.2 Å². The Balaban J connectivity index is 1.41. The molecule has 1 aliphatic carbocycles. The van der Waals surface area contributed by atoms with E-state index in [1.54, 1.807) is 35.4 Å². The van der Waals surface area contributed by atoms with Crippen molar-refractivity contribution in [3.05, 3.63) is 81.1 Å². The molecule has 2 aromatic heterocycles. The zero-order valence-electron chi connectivity index (χ0n) is 19.6. The van der Waals surface area contributed by atoms with Crippen molar-refractivity contribution < 1.29 is 14.0 Å². The van der Waals surface area contributed by atoms with Crippen LogP contribution >= 0.6 is 39.0 Å². The van der Waals surface area contributed by atoms with Crippen LogP contribution in [0, 0.1) is 17.1 Å². The summed E-state index contributed by atoms with van der Waals surface area (Å²) in [5, 5.41) is 21.6. The smallest absolute Gasteiger partial charge is 0.235 e. The molecule has 0 spiro atoms. The normalized spacial score (nSPS) is 17.3. The number of nitrogens with one attached hydrogen (secondary N) is 1. The van der Waals surface area contributed by atoms with Crippen LogP contribution in [0.2, 0.25) is 0 Å². The number of carbonyl (C=O) groups is 2. The third-order valence-electron chi connectivity index (χ3n) is 6.03. The van der Waals surface area contributed by atoms with Gasteiger partial charge < -0.3 is 11.1 Å². The average Bonchev–Trinajstić information content (AvgIpc) is 3.37. The van der Waals surface area contributed by atoms with Crippen LogP contribution in [0.4, 0.5) is 15.3 Å². The second kappa shape index (κ2) is 11.0. The van der Waals surface area contributed by atoms with Crippen LogP contribution in [0.1, 0.15) is 30.7 Å². The van der Waals surface area contributed by atoms with E-state index in [0.717, 1.165) is 4.47 Å². The lowest BCUT2D eigenvalue weighted by Crippen LogP contribution is -2.38. The number of aromatic nitrogens is 3. The van der Waals surface area contributed by atoms with Crippen molar-refractivity contribution in [1.29, 1.82) is 5.26 Å². The van der Waals surface area contributed by atoms with Gasteiger partial charge in [0.25, 0.3) is 0 Å². The fourth-order valence-corrected chi connectivity index (χ4v) is 6.32. The molecule has 2 aliphatic rings. The number of Topliss-reactive ketones (excluding diaryl/α,β-unsaturated/α-hetero) is 1. The van der Waals surface area contributed by atoms with E-state index in [1.807, 2.05) is 0 Å². The second-order valence-corrected chi connectivity index (χ2v) is 11.5. The highest BCUT2D eigenvalue weighted by atomic mass is 79.9. The molecule has 1 atom stereocenters. The number of amides is 1. The van der Waals surface area contributed by atoms with Gasteiger partial charge in [-0.3, -0.25) is 14.5 Å². The largest absolute Gasteiger partial charge is 0.384 e. The molecule has 3 heterocycles. The summed E-state index contributed by atoms with van der Waals surface area (Å²) in [7, 11) is 0. The maximum Gasteiger partial charge on any atom is 0.235 e. The van der Waals surface area contributed by atoms with E-state index in [9.17, 15) is 19.2 Å². The van der Waals surface area contributed by atoms with Gasteiger partial charge in [-0.2, -0.15) is 5.26 Å². The van der Waals surface area contributed by atoms with Crippen LogP contribution < -0.4 is 16.0 Å². The standard InChI is InChI=1S/C25H19BrFN7O2S2/c26-14-6-9-19(30-11-14)31-20(36)12-37-25-33-32-24(38-25)34-17-2-1-3-18(35)22(17)21(16(10-28)23(34)29)13-4-7-15(27)8-5-13/h4-9,11,21H,1-3,12,29H2,(H,30,31,36). The van der Waals surface area contributed by atoms with Crippen molar-refractivity contribution >= 4 is 61.7 Å². The third-order valence-corrected chi connectivity index (χ3v) is 8.54. The highest BCUT2D eigenvalue weighted by Crippen LogP contribution is 2.47. The molecular formula is C25H19BrFN7O2S2. The highest BCUT2D eigenvalue weighted by molar-refractivity contribution is 9.10. The highest BCUT2D eigenvalue weighted by Gasteiger charge is 2.41.